The summed E-state index contributed by atoms with van der Waals surface area (Å²) in [6, 6.07) is 10.7. The number of carbonyl (C=O) groups excluding carboxylic acids is 3. The van der Waals surface area contributed by atoms with Crippen LogP contribution in [0.5, 0.6) is 0 Å². The van der Waals surface area contributed by atoms with E-state index in [1.54, 1.807) is 6.07 Å². The molecule has 4 rings (SSSR count). The molecule has 0 spiro atoms. The molecule has 0 radical (unpaired) electrons. The first-order chi connectivity index (χ1) is 18.3. The number of amides is 3. The van der Waals surface area contributed by atoms with E-state index in [-0.39, 0.29) is 16.3 Å². The van der Waals surface area contributed by atoms with Gasteiger partial charge >= 0.3 is 6.43 Å². The summed E-state index contributed by atoms with van der Waals surface area (Å²) in [5, 5.41) is 5.93. The second-order valence-electron chi connectivity index (χ2n) is 8.40. The molecule has 1 aliphatic carbocycles. The molecule has 2 atom stereocenters. The average molecular weight is 607 g/mol. The number of rotatable bonds is 7. The largest absolute Gasteiger partial charge is 0.326 e. The lowest BCUT2D eigenvalue weighted by Crippen LogP contribution is -2.22. The number of halogens is 8. The van der Waals surface area contributed by atoms with E-state index in [2.05, 4.69) is 10.6 Å². The maximum Gasteiger partial charge on any atom is 0.315 e. The second-order valence-corrected chi connectivity index (χ2v) is 10.2. The molecule has 204 valence electrons. The lowest BCUT2D eigenvalue weighted by Gasteiger charge is -2.13. The zero-order chi connectivity index (χ0) is 28.6. The van der Waals surface area contributed by atoms with Crippen LogP contribution in [-0.4, -0.2) is 28.5 Å². The van der Waals surface area contributed by atoms with Crippen LogP contribution in [0.25, 0.3) is 0 Å². The van der Waals surface area contributed by atoms with Gasteiger partial charge in [-0.3, -0.25) is 14.4 Å². The van der Waals surface area contributed by atoms with Gasteiger partial charge in [-0.2, -0.15) is 8.78 Å². The van der Waals surface area contributed by atoms with Gasteiger partial charge in [0.1, 0.15) is 21.7 Å². The number of hydrogen-bond donors (Lipinski definition) is 3. The first-order valence-corrected chi connectivity index (χ1v) is 12.1. The molecule has 3 aromatic carbocycles. The van der Waals surface area contributed by atoms with E-state index < -0.39 is 69.1 Å². The molecule has 3 amide bonds. The molecule has 0 bridgehead atoms. The molecule has 0 heterocycles. The minimum absolute atomic E-state index is 0.0769. The van der Waals surface area contributed by atoms with Gasteiger partial charge in [-0.1, -0.05) is 23.7 Å². The highest BCUT2D eigenvalue weighted by molar-refractivity contribution is 6.53. The molecule has 39 heavy (non-hydrogen) atoms. The molecule has 1 aliphatic rings. The highest BCUT2D eigenvalue weighted by Crippen LogP contribution is 2.65. The molecule has 0 saturated heterocycles. The molecule has 0 unspecified atom stereocenters. The zero-order valence-electron chi connectivity index (χ0n) is 19.2. The van der Waals surface area contributed by atoms with Crippen LogP contribution in [0.15, 0.2) is 54.6 Å². The van der Waals surface area contributed by atoms with Crippen molar-refractivity contribution in [1.82, 2.24) is 0 Å². The van der Waals surface area contributed by atoms with Gasteiger partial charge in [-0.15, -0.1) is 23.2 Å². The van der Waals surface area contributed by atoms with Crippen molar-refractivity contribution in [3.63, 3.8) is 0 Å². The van der Waals surface area contributed by atoms with Crippen LogP contribution < -0.4 is 16.0 Å². The highest BCUT2D eigenvalue weighted by Gasteiger charge is 2.67. The van der Waals surface area contributed by atoms with Gasteiger partial charge in [0, 0.05) is 11.6 Å². The summed E-state index contributed by atoms with van der Waals surface area (Å²) in [7, 11) is 0. The van der Waals surface area contributed by atoms with Crippen molar-refractivity contribution >= 4 is 69.6 Å². The van der Waals surface area contributed by atoms with Crippen LogP contribution in [0.4, 0.5) is 39.0 Å². The Bertz CT molecular complexity index is 1490. The third kappa shape index (κ3) is 5.95. The van der Waals surface area contributed by atoms with E-state index in [1.165, 1.54) is 35.6 Å². The van der Waals surface area contributed by atoms with Gasteiger partial charge in [-0.05, 0) is 48.0 Å². The Morgan fingerprint density at radius 1 is 0.897 bits per heavy atom. The van der Waals surface area contributed by atoms with Gasteiger partial charge in [0.05, 0.1) is 22.2 Å². The van der Waals surface area contributed by atoms with Gasteiger partial charge in [-0.25, -0.2) is 13.2 Å². The quantitative estimate of drug-likeness (QED) is 0.206. The van der Waals surface area contributed by atoms with Crippen molar-refractivity contribution in [1.29, 1.82) is 0 Å². The monoisotopic (exact) mass is 605 g/mol. The first kappa shape index (κ1) is 28.6. The van der Waals surface area contributed by atoms with Crippen molar-refractivity contribution in [3.05, 3.63) is 88.2 Å². The van der Waals surface area contributed by atoms with Crippen LogP contribution in [0.3, 0.4) is 0 Å². The number of benzene rings is 3. The Kier molecular flexibility index (Phi) is 8.06. The van der Waals surface area contributed by atoms with Crippen LogP contribution in [-0.2, 0) is 9.59 Å². The number of alkyl halides is 4. The topological polar surface area (TPSA) is 87.3 Å². The van der Waals surface area contributed by atoms with Crippen molar-refractivity contribution in [2.24, 2.45) is 5.92 Å². The number of nitrogens with one attached hydrogen (secondary N) is 3. The van der Waals surface area contributed by atoms with Crippen LogP contribution in [0.2, 0.25) is 5.02 Å². The fraction of sp³-hybridized carbons (Fsp3) is 0.160. The normalized spacial score (nSPS) is 17.5. The van der Waals surface area contributed by atoms with E-state index in [4.69, 9.17) is 34.8 Å². The summed E-state index contributed by atoms with van der Waals surface area (Å²) in [4.78, 5) is 36.9. The Morgan fingerprint density at radius 3 is 2.28 bits per heavy atom. The summed E-state index contributed by atoms with van der Waals surface area (Å²) in [5.41, 5.74) is -1.60. The summed E-state index contributed by atoms with van der Waals surface area (Å²) in [5.74, 6) is -8.65. The molecule has 3 aromatic rings. The molecule has 1 saturated carbocycles. The third-order valence-electron chi connectivity index (χ3n) is 5.81. The van der Waals surface area contributed by atoms with Gasteiger partial charge in [0.25, 0.3) is 11.8 Å². The lowest BCUT2D eigenvalue weighted by molar-refractivity contribution is -0.126. The molecule has 14 heteroatoms. The smallest absolute Gasteiger partial charge is 0.315 e. The van der Waals surface area contributed by atoms with Crippen molar-refractivity contribution in [3.8, 4) is 0 Å². The summed E-state index contributed by atoms with van der Waals surface area (Å²) in [6.07, 6.45) is -3.54. The Morgan fingerprint density at radius 2 is 1.62 bits per heavy atom. The van der Waals surface area contributed by atoms with Gasteiger partial charge in [0.2, 0.25) is 5.91 Å². The van der Waals surface area contributed by atoms with Crippen molar-refractivity contribution in [2.75, 3.05) is 16.0 Å². The standard InChI is InChI=1S/C25H15Cl3F5N3O3/c26-14-5-4-12(34-23(38)18-17(25(18,27)28)10-2-1-3-11(29)8-10)9-13(14)22(37)35-16-7-6-15(30)20(19(16)31)36-24(39)21(32)33/h1-9,17-18,21H,(H,34,38)(H,35,37)(H,36,39)/t17-,18+/m0/s1. The first-order valence-electron chi connectivity index (χ1n) is 10.9. The van der Waals surface area contributed by atoms with E-state index in [1.807, 2.05) is 0 Å². The van der Waals surface area contributed by atoms with Crippen molar-refractivity contribution in [2.45, 2.75) is 16.7 Å². The highest BCUT2D eigenvalue weighted by atomic mass is 35.5. The molecule has 0 aromatic heterocycles. The van der Waals surface area contributed by atoms with E-state index >= 15 is 0 Å². The van der Waals surface area contributed by atoms with Crippen LogP contribution in [0.1, 0.15) is 21.8 Å². The molecule has 3 N–H and O–H groups in total. The van der Waals surface area contributed by atoms with E-state index in [0.717, 1.165) is 12.1 Å². The average Bonchev–Trinajstić information content (AvgIpc) is 3.46. The second kappa shape index (κ2) is 11.0. The minimum Gasteiger partial charge on any atom is -0.326 e. The molecular weight excluding hydrogens is 592 g/mol. The number of carbonyl (C=O) groups is 3. The predicted octanol–water partition coefficient (Wildman–Crippen LogP) is 6.74. The summed E-state index contributed by atoms with van der Waals surface area (Å²) < 4.78 is 65.7. The summed E-state index contributed by atoms with van der Waals surface area (Å²) in [6.45, 7) is 0. The van der Waals surface area contributed by atoms with Gasteiger partial charge < -0.3 is 16.0 Å². The molecule has 6 nitrogen and oxygen atoms in total. The van der Waals surface area contributed by atoms with Crippen LogP contribution >= 0.6 is 34.8 Å². The van der Waals surface area contributed by atoms with Crippen LogP contribution in [0, 0.1) is 23.4 Å². The minimum atomic E-state index is -3.54. The zero-order valence-corrected chi connectivity index (χ0v) is 21.4. The predicted molar refractivity (Wildman–Crippen MR) is 136 cm³/mol. The summed E-state index contributed by atoms with van der Waals surface area (Å²) >= 11 is 18.6. The molecule has 0 aliphatic heterocycles. The number of hydrogen-bond acceptors (Lipinski definition) is 3. The molecular formula is C25H15Cl3F5N3O3. The maximum atomic E-state index is 14.7. The SMILES string of the molecule is O=C(Nc1ccc(F)c(NC(=O)C(F)F)c1F)c1cc(NC(=O)[C@H]2[C@H](c3cccc(F)c3)C2(Cl)Cl)ccc1Cl. The Hall–Kier alpha value is -3.41. The Balaban J connectivity index is 1.51. The maximum absolute atomic E-state index is 14.7. The fourth-order valence-electron chi connectivity index (χ4n) is 3.90. The molecule has 1 fully saturated rings. The number of anilines is 3. The van der Waals surface area contributed by atoms with E-state index in [0.29, 0.717) is 11.6 Å². The third-order valence-corrected chi connectivity index (χ3v) is 7.08. The van der Waals surface area contributed by atoms with E-state index in [9.17, 15) is 36.3 Å². The van der Waals surface area contributed by atoms with Crippen molar-refractivity contribution < 1.29 is 36.3 Å². The lowest BCUT2D eigenvalue weighted by atomic mass is 10.1. The fourth-order valence-corrected chi connectivity index (χ4v) is 4.93. The Labute approximate surface area is 232 Å². The van der Waals surface area contributed by atoms with Gasteiger partial charge in [0.15, 0.2) is 5.82 Å².